The normalized spacial score (nSPS) is 11.8. The van der Waals surface area contributed by atoms with E-state index < -0.39 is 12.0 Å². The molecular formula is C14H19NO4. The van der Waals surface area contributed by atoms with E-state index in [-0.39, 0.29) is 12.2 Å². The minimum absolute atomic E-state index is 0.147. The topological polar surface area (TPSA) is 78.6 Å². The Morgan fingerprint density at radius 2 is 1.79 bits per heavy atom. The summed E-state index contributed by atoms with van der Waals surface area (Å²) in [7, 11) is 2.75. The van der Waals surface area contributed by atoms with Crippen LogP contribution in [0.25, 0.3) is 0 Å². The first-order valence-electron chi connectivity index (χ1n) is 5.92. The molecule has 0 aromatic heterocycles. The number of Topliss-reactive ketones (excluding diaryl/α,β-unsaturated/α-hetero) is 1. The van der Waals surface area contributed by atoms with Gasteiger partial charge in [-0.3, -0.25) is 9.59 Å². The summed E-state index contributed by atoms with van der Waals surface area (Å²) in [5.41, 5.74) is 8.11. The van der Waals surface area contributed by atoms with Crippen LogP contribution in [0.1, 0.15) is 27.9 Å². The van der Waals surface area contributed by atoms with Gasteiger partial charge in [0.2, 0.25) is 0 Å². The van der Waals surface area contributed by atoms with E-state index in [9.17, 15) is 9.59 Å². The Labute approximate surface area is 112 Å². The number of carbonyl (C=O) groups is 2. The number of benzene rings is 1. The third kappa shape index (κ3) is 3.54. The van der Waals surface area contributed by atoms with Crippen LogP contribution in [-0.2, 0) is 9.53 Å². The summed E-state index contributed by atoms with van der Waals surface area (Å²) in [6.07, 6.45) is -0.147. The molecule has 0 saturated carbocycles. The van der Waals surface area contributed by atoms with E-state index in [1.54, 1.807) is 12.1 Å². The highest BCUT2D eigenvalue weighted by atomic mass is 16.5. The first kappa shape index (κ1) is 15.2. The summed E-state index contributed by atoms with van der Waals surface area (Å²) in [6, 6.07) is 2.59. The Kier molecular flexibility index (Phi) is 5.06. The van der Waals surface area contributed by atoms with E-state index in [0.29, 0.717) is 11.3 Å². The van der Waals surface area contributed by atoms with Crippen LogP contribution in [0.15, 0.2) is 12.1 Å². The molecule has 2 N–H and O–H groups in total. The van der Waals surface area contributed by atoms with Gasteiger partial charge >= 0.3 is 5.97 Å². The Morgan fingerprint density at radius 3 is 2.32 bits per heavy atom. The lowest BCUT2D eigenvalue weighted by molar-refractivity contribution is -0.140. The summed E-state index contributed by atoms with van der Waals surface area (Å²) >= 11 is 0. The second kappa shape index (κ2) is 6.33. The van der Waals surface area contributed by atoms with Crippen molar-refractivity contribution < 1.29 is 19.1 Å². The zero-order valence-electron chi connectivity index (χ0n) is 11.6. The smallest absolute Gasteiger partial charge is 0.307 e. The maximum absolute atomic E-state index is 12.2. The number of carbonyl (C=O) groups excluding carboxylic acids is 2. The number of methoxy groups -OCH3 is 2. The van der Waals surface area contributed by atoms with Crippen molar-refractivity contribution in [2.75, 3.05) is 14.2 Å². The molecule has 0 amide bonds. The van der Waals surface area contributed by atoms with E-state index in [1.807, 2.05) is 13.8 Å². The van der Waals surface area contributed by atoms with E-state index in [4.69, 9.17) is 10.5 Å². The SMILES string of the molecule is COC(=O)CC(N)C(=O)c1cc(C)c(C)cc1OC. The van der Waals surface area contributed by atoms with Crippen LogP contribution in [0.4, 0.5) is 0 Å². The van der Waals surface area contributed by atoms with Crippen molar-refractivity contribution in [3.63, 3.8) is 0 Å². The number of hydrogen-bond donors (Lipinski definition) is 1. The highest BCUT2D eigenvalue weighted by Crippen LogP contribution is 2.24. The van der Waals surface area contributed by atoms with Crippen molar-refractivity contribution in [3.8, 4) is 5.75 Å². The van der Waals surface area contributed by atoms with Crippen molar-refractivity contribution in [2.45, 2.75) is 26.3 Å². The molecule has 0 aliphatic rings. The zero-order chi connectivity index (χ0) is 14.6. The second-order valence-electron chi connectivity index (χ2n) is 4.39. The summed E-state index contributed by atoms with van der Waals surface area (Å²) in [5.74, 6) is -0.373. The molecule has 0 aliphatic carbocycles. The van der Waals surface area contributed by atoms with Crippen molar-refractivity contribution >= 4 is 11.8 Å². The molecule has 0 spiro atoms. The van der Waals surface area contributed by atoms with Crippen molar-refractivity contribution in [1.82, 2.24) is 0 Å². The molecule has 1 rings (SSSR count). The Hall–Kier alpha value is -1.88. The predicted molar refractivity (Wildman–Crippen MR) is 71.4 cm³/mol. The molecule has 0 aliphatic heterocycles. The van der Waals surface area contributed by atoms with Crippen molar-refractivity contribution in [2.24, 2.45) is 5.73 Å². The van der Waals surface area contributed by atoms with Gasteiger partial charge in [0, 0.05) is 0 Å². The van der Waals surface area contributed by atoms with E-state index >= 15 is 0 Å². The van der Waals surface area contributed by atoms with Gasteiger partial charge in [-0.25, -0.2) is 0 Å². The predicted octanol–water partition coefficient (Wildman–Crippen LogP) is 1.39. The molecule has 1 aromatic carbocycles. The van der Waals surface area contributed by atoms with Gasteiger partial charge < -0.3 is 15.2 Å². The van der Waals surface area contributed by atoms with Gasteiger partial charge in [-0.1, -0.05) is 0 Å². The van der Waals surface area contributed by atoms with Crippen LogP contribution in [0.3, 0.4) is 0 Å². The average molecular weight is 265 g/mol. The molecule has 1 aromatic rings. The Balaban J connectivity index is 3.05. The lowest BCUT2D eigenvalue weighted by Crippen LogP contribution is -2.33. The maximum atomic E-state index is 12.2. The molecule has 1 atom stereocenters. The third-order valence-corrected chi connectivity index (χ3v) is 3.03. The fraction of sp³-hybridized carbons (Fsp3) is 0.429. The van der Waals surface area contributed by atoms with Crippen LogP contribution >= 0.6 is 0 Å². The van der Waals surface area contributed by atoms with Crippen LogP contribution in [0.2, 0.25) is 0 Å². The molecular weight excluding hydrogens is 246 g/mol. The number of nitrogens with two attached hydrogens (primary N) is 1. The van der Waals surface area contributed by atoms with Crippen molar-refractivity contribution in [1.29, 1.82) is 0 Å². The van der Waals surface area contributed by atoms with Gasteiger partial charge in [0.15, 0.2) is 5.78 Å². The molecule has 0 radical (unpaired) electrons. The molecule has 104 valence electrons. The summed E-state index contributed by atoms with van der Waals surface area (Å²) < 4.78 is 9.70. The number of ether oxygens (including phenoxy) is 2. The summed E-state index contributed by atoms with van der Waals surface area (Å²) in [4.78, 5) is 23.4. The zero-order valence-corrected chi connectivity index (χ0v) is 11.6. The van der Waals surface area contributed by atoms with Gasteiger partial charge in [0.1, 0.15) is 5.75 Å². The fourth-order valence-corrected chi connectivity index (χ4v) is 1.71. The molecule has 5 nitrogen and oxygen atoms in total. The maximum Gasteiger partial charge on any atom is 0.307 e. The Bertz CT molecular complexity index is 496. The minimum atomic E-state index is -0.927. The van der Waals surface area contributed by atoms with Crippen LogP contribution in [-0.4, -0.2) is 32.0 Å². The standard InChI is InChI=1S/C14H19NO4/c1-8-5-10(12(18-3)6-9(8)2)14(17)11(15)7-13(16)19-4/h5-6,11H,7,15H2,1-4H3. The van der Waals surface area contributed by atoms with Gasteiger partial charge in [-0.15, -0.1) is 0 Å². The lowest BCUT2D eigenvalue weighted by atomic mass is 9.97. The number of esters is 1. The van der Waals surface area contributed by atoms with Crippen LogP contribution < -0.4 is 10.5 Å². The van der Waals surface area contributed by atoms with Crippen LogP contribution in [0, 0.1) is 13.8 Å². The summed E-state index contributed by atoms with van der Waals surface area (Å²) in [5, 5.41) is 0. The molecule has 0 heterocycles. The van der Waals surface area contributed by atoms with Gasteiger partial charge in [-0.05, 0) is 37.1 Å². The Morgan fingerprint density at radius 1 is 1.21 bits per heavy atom. The molecule has 0 saturated heterocycles. The highest BCUT2D eigenvalue weighted by Gasteiger charge is 2.23. The number of rotatable bonds is 5. The molecule has 19 heavy (non-hydrogen) atoms. The number of ketones is 1. The molecule has 0 fully saturated rings. The number of aryl methyl sites for hydroxylation is 2. The highest BCUT2D eigenvalue weighted by molar-refractivity contribution is 6.04. The van der Waals surface area contributed by atoms with Gasteiger partial charge in [0.25, 0.3) is 0 Å². The lowest BCUT2D eigenvalue weighted by Gasteiger charge is -2.14. The molecule has 5 heteroatoms. The van der Waals surface area contributed by atoms with Gasteiger partial charge in [0.05, 0.1) is 32.2 Å². The summed E-state index contributed by atoms with van der Waals surface area (Å²) in [6.45, 7) is 3.83. The largest absolute Gasteiger partial charge is 0.496 e. The average Bonchev–Trinajstić information content (AvgIpc) is 2.40. The minimum Gasteiger partial charge on any atom is -0.496 e. The van der Waals surface area contributed by atoms with Crippen LogP contribution in [0.5, 0.6) is 5.75 Å². The quantitative estimate of drug-likeness (QED) is 0.643. The second-order valence-corrected chi connectivity index (χ2v) is 4.39. The van der Waals surface area contributed by atoms with Crippen molar-refractivity contribution in [3.05, 3.63) is 28.8 Å². The third-order valence-electron chi connectivity index (χ3n) is 3.03. The van der Waals surface area contributed by atoms with Gasteiger partial charge in [-0.2, -0.15) is 0 Å². The van der Waals surface area contributed by atoms with E-state index in [1.165, 1.54) is 14.2 Å². The van der Waals surface area contributed by atoms with E-state index in [0.717, 1.165) is 11.1 Å². The first-order chi connectivity index (χ1) is 8.90. The monoisotopic (exact) mass is 265 g/mol. The first-order valence-corrected chi connectivity index (χ1v) is 5.92. The molecule has 0 bridgehead atoms. The number of hydrogen-bond acceptors (Lipinski definition) is 5. The van der Waals surface area contributed by atoms with E-state index in [2.05, 4.69) is 4.74 Å². The fourth-order valence-electron chi connectivity index (χ4n) is 1.71. The molecule has 1 unspecified atom stereocenters.